The Morgan fingerprint density at radius 3 is 2.57 bits per heavy atom. The fraction of sp³-hybridized carbons (Fsp3) is 1.00. The molecule has 0 aliphatic carbocycles. The van der Waals surface area contributed by atoms with Gasteiger partial charge in [-0.25, -0.2) is 0 Å². The van der Waals surface area contributed by atoms with Crippen LogP contribution in [0.4, 0.5) is 0 Å². The standard InChI is InChI=1S/C9H17BO4/c1-6(2)14-7(4-11-3)8-9(10)13-5-12-8/h6-9H,4-5H2,1-3H3. The average Bonchev–Trinajstić information content (AvgIpc) is 2.50. The van der Waals surface area contributed by atoms with Gasteiger partial charge in [-0.1, -0.05) is 0 Å². The third kappa shape index (κ3) is 3.24. The molecule has 3 atom stereocenters. The fourth-order valence-corrected chi connectivity index (χ4v) is 1.43. The normalized spacial score (nSPS) is 29.7. The summed E-state index contributed by atoms with van der Waals surface area (Å²) in [5, 5.41) is 0. The molecule has 0 amide bonds. The summed E-state index contributed by atoms with van der Waals surface area (Å²) < 4.78 is 21.1. The molecule has 4 nitrogen and oxygen atoms in total. The molecule has 0 N–H and O–H groups in total. The molecule has 80 valence electrons. The minimum absolute atomic E-state index is 0.117. The molecular formula is C9H17BO4. The zero-order valence-electron chi connectivity index (χ0n) is 8.93. The van der Waals surface area contributed by atoms with Crippen LogP contribution in [0, 0.1) is 0 Å². The van der Waals surface area contributed by atoms with E-state index in [0.717, 1.165) is 0 Å². The van der Waals surface area contributed by atoms with Crippen LogP contribution in [0.25, 0.3) is 0 Å². The minimum Gasteiger partial charge on any atom is -0.382 e. The van der Waals surface area contributed by atoms with Gasteiger partial charge in [0, 0.05) is 13.1 Å². The third-order valence-electron chi connectivity index (χ3n) is 1.99. The minimum atomic E-state index is -0.422. The molecule has 0 spiro atoms. The molecule has 0 aromatic rings. The first-order chi connectivity index (χ1) is 6.65. The number of hydrogen-bond acceptors (Lipinski definition) is 4. The molecular weight excluding hydrogens is 183 g/mol. The zero-order chi connectivity index (χ0) is 10.6. The van der Waals surface area contributed by atoms with Crippen molar-refractivity contribution in [2.75, 3.05) is 20.5 Å². The van der Waals surface area contributed by atoms with Crippen LogP contribution in [0.5, 0.6) is 0 Å². The van der Waals surface area contributed by atoms with Crippen molar-refractivity contribution in [3.05, 3.63) is 0 Å². The highest BCUT2D eigenvalue weighted by molar-refractivity contribution is 6.11. The van der Waals surface area contributed by atoms with E-state index >= 15 is 0 Å². The zero-order valence-corrected chi connectivity index (χ0v) is 8.93. The van der Waals surface area contributed by atoms with Crippen molar-refractivity contribution in [1.82, 2.24) is 0 Å². The van der Waals surface area contributed by atoms with Gasteiger partial charge in [0.15, 0.2) is 0 Å². The summed E-state index contributed by atoms with van der Waals surface area (Å²) in [5.74, 6) is 0. The van der Waals surface area contributed by atoms with Crippen molar-refractivity contribution in [2.45, 2.75) is 38.2 Å². The second-order valence-electron chi connectivity index (χ2n) is 3.56. The lowest BCUT2D eigenvalue weighted by molar-refractivity contribution is -0.0993. The molecule has 0 aromatic carbocycles. The number of ether oxygens (including phenoxy) is 4. The smallest absolute Gasteiger partial charge is 0.146 e. The van der Waals surface area contributed by atoms with E-state index in [1.165, 1.54) is 0 Å². The second kappa shape index (κ2) is 5.71. The predicted octanol–water partition coefficient (Wildman–Crippen LogP) is 0.294. The van der Waals surface area contributed by atoms with Gasteiger partial charge < -0.3 is 18.9 Å². The highest BCUT2D eigenvalue weighted by Gasteiger charge is 2.33. The quantitative estimate of drug-likeness (QED) is 0.598. The van der Waals surface area contributed by atoms with Crippen molar-refractivity contribution >= 4 is 7.85 Å². The number of methoxy groups -OCH3 is 1. The Labute approximate surface area is 86.3 Å². The Morgan fingerprint density at radius 1 is 1.43 bits per heavy atom. The largest absolute Gasteiger partial charge is 0.382 e. The number of hydrogen-bond donors (Lipinski definition) is 0. The van der Waals surface area contributed by atoms with E-state index in [0.29, 0.717) is 6.61 Å². The van der Waals surface area contributed by atoms with Gasteiger partial charge in [-0.2, -0.15) is 0 Å². The van der Waals surface area contributed by atoms with Crippen LogP contribution in [0.2, 0.25) is 0 Å². The molecule has 5 heteroatoms. The van der Waals surface area contributed by atoms with Crippen LogP contribution in [0.3, 0.4) is 0 Å². The first-order valence-electron chi connectivity index (χ1n) is 4.78. The molecule has 2 radical (unpaired) electrons. The summed E-state index contributed by atoms with van der Waals surface area (Å²) >= 11 is 0. The van der Waals surface area contributed by atoms with E-state index in [1.54, 1.807) is 7.11 Å². The Bertz CT molecular complexity index is 165. The Hall–Kier alpha value is -0.0951. The van der Waals surface area contributed by atoms with Crippen LogP contribution in [-0.2, 0) is 18.9 Å². The lowest BCUT2D eigenvalue weighted by Gasteiger charge is -2.26. The molecule has 1 rings (SSSR count). The maximum atomic E-state index is 5.70. The van der Waals surface area contributed by atoms with Gasteiger partial charge >= 0.3 is 0 Å². The molecule has 0 saturated carbocycles. The van der Waals surface area contributed by atoms with Crippen molar-refractivity contribution in [3.63, 3.8) is 0 Å². The van der Waals surface area contributed by atoms with Crippen LogP contribution in [0.1, 0.15) is 13.8 Å². The summed E-state index contributed by atoms with van der Waals surface area (Å²) in [7, 11) is 7.33. The topological polar surface area (TPSA) is 36.9 Å². The van der Waals surface area contributed by atoms with Crippen LogP contribution < -0.4 is 0 Å². The first-order valence-corrected chi connectivity index (χ1v) is 4.78. The van der Waals surface area contributed by atoms with E-state index in [9.17, 15) is 0 Å². The van der Waals surface area contributed by atoms with Crippen LogP contribution in [-0.4, -0.2) is 52.7 Å². The van der Waals surface area contributed by atoms with Crippen LogP contribution in [0.15, 0.2) is 0 Å². The summed E-state index contributed by atoms with van der Waals surface area (Å²) in [4.78, 5) is 0. The van der Waals surface area contributed by atoms with Gasteiger partial charge in [-0.3, -0.25) is 0 Å². The van der Waals surface area contributed by atoms with Gasteiger partial charge in [0.25, 0.3) is 0 Å². The Balaban J connectivity index is 2.47. The first kappa shape index (κ1) is 12.0. The van der Waals surface area contributed by atoms with Crippen LogP contribution >= 0.6 is 0 Å². The van der Waals surface area contributed by atoms with Gasteiger partial charge in [-0.05, 0) is 13.8 Å². The predicted molar refractivity (Wildman–Crippen MR) is 52.3 cm³/mol. The van der Waals surface area contributed by atoms with Gasteiger partial charge in [-0.15, -0.1) is 0 Å². The maximum Gasteiger partial charge on any atom is 0.146 e. The van der Waals surface area contributed by atoms with Gasteiger partial charge in [0.1, 0.15) is 26.8 Å². The second-order valence-corrected chi connectivity index (χ2v) is 3.56. The molecule has 1 aliphatic rings. The highest BCUT2D eigenvalue weighted by Crippen LogP contribution is 2.17. The van der Waals surface area contributed by atoms with E-state index in [2.05, 4.69) is 0 Å². The van der Waals surface area contributed by atoms with E-state index < -0.39 is 6.00 Å². The summed E-state index contributed by atoms with van der Waals surface area (Å²) in [6.45, 7) is 4.61. The van der Waals surface area contributed by atoms with E-state index in [4.69, 9.17) is 26.8 Å². The van der Waals surface area contributed by atoms with Gasteiger partial charge in [0.05, 0.1) is 12.7 Å². The average molecular weight is 200 g/mol. The van der Waals surface area contributed by atoms with Crippen molar-refractivity contribution < 1.29 is 18.9 Å². The lowest BCUT2D eigenvalue weighted by atomic mass is 9.91. The highest BCUT2D eigenvalue weighted by atomic mass is 16.7. The van der Waals surface area contributed by atoms with Crippen molar-refractivity contribution in [3.8, 4) is 0 Å². The SMILES string of the molecule is [B]C1OCOC1C(COC)OC(C)C. The maximum absolute atomic E-state index is 5.70. The monoisotopic (exact) mass is 200 g/mol. The molecule has 1 heterocycles. The van der Waals surface area contributed by atoms with E-state index in [1.807, 2.05) is 13.8 Å². The molecule has 0 bridgehead atoms. The molecule has 0 aromatic heterocycles. The van der Waals surface area contributed by atoms with Crippen molar-refractivity contribution in [2.24, 2.45) is 0 Å². The summed E-state index contributed by atoms with van der Waals surface area (Å²) in [6, 6.07) is -0.422. The number of rotatable bonds is 5. The van der Waals surface area contributed by atoms with Gasteiger partial charge in [0.2, 0.25) is 0 Å². The van der Waals surface area contributed by atoms with E-state index in [-0.39, 0.29) is 25.1 Å². The third-order valence-corrected chi connectivity index (χ3v) is 1.99. The summed E-state index contributed by atoms with van der Waals surface area (Å²) in [5.41, 5.74) is 0. The van der Waals surface area contributed by atoms with Crippen molar-refractivity contribution in [1.29, 1.82) is 0 Å². The fourth-order valence-electron chi connectivity index (χ4n) is 1.43. The Morgan fingerprint density at radius 2 is 2.14 bits per heavy atom. The molecule has 14 heavy (non-hydrogen) atoms. The molecule has 3 unspecified atom stereocenters. The molecule has 1 fully saturated rings. The molecule has 1 aliphatic heterocycles. The molecule has 1 saturated heterocycles. The summed E-state index contributed by atoms with van der Waals surface area (Å²) in [6.07, 6.45) is -0.290. The lowest BCUT2D eigenvalue weighted by Crippen LogP contribution is -2.41. The Kier molecular flexibility index (Phi) is 4.88.